The van der Waals surface area contributed by atoms with Crippen LogP contribution in [0.4, 0.5) is 4.79 Å². The third-order valence-corrected chi connectivity index (χ3v) is 5.14. The van der Waals surface area contributed by atoms with E-state index < -0.39 is 0 Å². The van der Waals surface area contributed by atoms with Gasteiger partial charge in [-0.3, -0.25) is 4.90 Å². The third-order valence-electron chi connectivity index (χ3n) is 5.14. The van der Waals surface area contributed by atoms with E-state index in [9.17, 15) is 4.79 Å². The van der Waals surface area contributed by atoms with Crippen molar-refractivity contribution in [2.45, 2.75) is 19.5 Å². The number of imidazole rings is 1. The number of carbonyl (C=O) groups is 1. The molecule has 1 aliphatic rings. The quantitative estimate of drug-likeness (QED) is 0.646. The number of morpholine rings is 1. The molecule has 1 aromatic carbocycles. The standard InChI is InChI=1S/C22H27N5O2/c28-22(23-9-8-20-17-27-10-4-3-7-21(27)25-20)24-15-18-5-1-2-6-19(18)16-26-11-13-29-14-12-26/h1-7,10,17H,8-9,11-16H2,(H2,23,24,28). The molecule has 2 N–H and O–H groups in total. The van der Waals surface area contributed by atoms with Crippen molar-refractivity contribution in [3.63, 3.8) is 0 Å². The smallest absolute Gasteiger partial charge is 0.315 e. The van der Waals surface area contributed by atoms with E-state index in [1.807, 2.05) is 47.1 Å². The number of hydrogen-bond acceptors (Lipinski definition) is 4. The highest BCUT2D eigenvalue weighted by molar-refractivity contribution is 5.73. The molecular formula is C22H27N5O2. The molecule has 0 saturated carbocycles. The average Bonchev–Trinajstić information content (AvgIpc) is 3.17. The maximum absolute atomic E-state index is 12.2. The van der Waals surface area contributed by atoms with Gasteiger partial charge >= 0.3 is 6.03 Å². The van der Waals surface area contributed by atoms with E-state index in [0.29, 0.717) is 19.5 Å². The minimum Gasteiger partial charge on any atom is -0.379 e. The summed E-state index contributed by atoms with van der Waals surface area (Å²) in [6.45, 7) is 5.42. The second kappa shape index (κ2) is 9.54. The first-order valence-corrected chi connectivity index (χ1v) is 10.1. The average molecular weight is 393 g/mol. The summed E-state index contributed by atoms with van der Waals surface area (Å²) >= 11 is 0. The zero-order valence-corrected chi connectivity index (χ0v) is 16.5. The van der Waals surface area contributed by atoms with Gasteiger partial charge in [-0.25, -0.2) is 9.78 Å². The molecule has 0 bridgehead atoms. The number of rotatable bonds is 7. The summed E-state index contributed by atoms with van der Waals surface area (Å²) in [4.78, 5) is 19.1. The Morgan fingerprint density at radius 1 is 1.03 bits per heavy atom. The van der Waals surface area contributed by atoms with Crippen molar-refractivity contribution < 1.29 is 9.53 Å². The Hall–Kier alpha value is -2.90. The number of ether oxygens (including phenoxy) is 1. The van der Waals surface area contributed by atoms with E-state index in [-0.39, 0.29) is 6.03 Å². The monoisotopic (exact) mass is 393 g/mol. The van der Waals surface area contributed by atoms with Crippen molar-refractivity contribution in [3.8, 4) is 0 Å². The highest BCUT2D eigenvalue weighted by Gasteiger charge is 2.13. The first-order valence-electron chi connectivity index (χ1n) is 10.1. The van der Waals surface area contributed by atoms with Gasteiger partial charge in [0, 0.05) is 51.5 Å². The van der Waals surface area contributed by atoms with Crippen molar-refractivity contribution >= 4 is 11.7 Å². The molecule has 3 aromatic rings. The first-order chi connectivity index (χ1) is 14.3. The highest BCUT2D eigenvalue weighted by Crippen LogP contribution is 2.13. The summed E-state index contributed by atoms with van der Waals surface area (Å²) in [7, 11) is 0. The lowest BCUT2D eigenvalue weighted by atomic mass is 10.1. The van der Waals surface area contributed by atoms with Gasteiger partial charge in [0.25, 0.3) is 0 Å². The lowest BCUT2D eigenvalue weighted by molar-refractivity contribution is 0.0341. The topological polar surface area (TPSA) is 70.9 Å². The van der Waals surface area contributed by atoms with Crippen LogP contribution < -0.4 is 10.6 Å². The van der Waals surface area contributed by atoms with Gasteiger partial charge in [0.05, 0.1) is 18.9 Å². The van der Waals surface area contributed by atoms with Crippen LogP contribution in [-0.2, 0) is 24.2 Å². The summed E-state index contributed by atoms with van der Waals surface area (Å²) in [5, 5.41) is 5.89. The lowest BCUT2D eigenvalue weighted by Crippen LogP contribution is -2.37. The summed E-state index contributed by atoms with van der Waals surface area (Å²) in [6.07, 6.45) is 4.67. The summed E-state index contributed by atoms with van der Waals surface area (Å²) < 4.78 is 7.41. The number of urea groups is 1. The number of pyridine rings is 1. The van der Waals surface area contributed by atoms with E-state index >= 15 is 0 Å². The van der Waals surface area contributed by atoms with Crippen LogP contribution in [0.5, 0.6) is 0 Å². The maximum atomic E-state index is 12.2. The molecule has 1 fully saturated rings. The zero-order valence-electron chi connectivity index (χ0n) is 16.5. The number of amides is 2. The van der Waals surface area contributed by atoms with Crippen molar-refractivity contribution in [2.24, 2.45) is 0 Å². The molecule has 1 aliphatic heterocycles. The van der Waals surface area contributed by atoms with E-state index in [4.69, 9.17) is 4.74 Å². The third kappa shape index (κ3) is 5.34. The summed E-state index contributed by atoms with van der Waals surface area (Å²) in [5.41, 5.74) is 4.28. The fraction of sp³-hybridized carbons (Fsp3) is 0.364. The predicted octanol–water partition coefficient (Wildman–Crippen LogP) is 2.21. The fourth-order valence-corrected chi connectivity index (χ4v) is 3.53. The number of aromatic nitrogens is 2. The van der Waals surface area contributed by atoms with Gasteiger partial charge in [-0.15, -0.1) is 0 Å². The Labute approximate surface area is 170 Å². The maximum Gasteiger partial charge on any atom is 0.315 e. The SMILES string of the molecule is O=C(NCCc1cn2ccccc2n1)NCc1ccccc1CN1CCOCC1. The molecule has 0 spiro atoms. The Bertz CT molecular complexity index is 916. The van der Waals surface area contributed by atoms with Gasteiger partial charge in [0.15, 0.2) is 0 Å². The molecule has 29 heavy (non-hydrogen) atoms. The Morgan fingerprint density at radius 2 is 1.83 bits per heavy atom. The molecule has 7 heteroatoms. The van der Waals surface area contributed by atoms with Crippen molar-refractivity contribution in [1.82, 2.24) is 24.9 Å². The number of hydrogen-bond donors (Lipinski definition) is 2. The molecule has 3 heterocycles. The Morgan fingerprint density at radius 3 is 2.66 bits per heavy atom. The van der Waals surface area contributed by atoms with Gasteiger partial charge in [-0.1, -0.05) is 30.3 Å². The van der Waals surface area contributed by atoms with Gasteiger partial charge in [-0.05, 0) is 23.3 Å². The van der Waals surface area contributed by atoms with E-state index in [1.54, 1.807) is 0 Å². The van der Waals surface area contributed by atoms with E-state index in [1.165, 1.54) is 5.56 Å². The minimum absolute atomic E-state index is 0.157. The van der Waals surface area contributed by atoms with Crippen LogP contribution in [0, 0.1) is 0 Å². The molecule has 152 valence electrons. The second-order valence-corrected chi connectivity index (χ2v) is 7.22. The van der Waals surface area contributed by atoms with Gasteiger partial charge in [-0.2, -0.15) is 0 Å². The lowest BCUT2D eigenvalue weighted by Gasteiger charge is -2.27. The molecule has 0 aliphatic carbocycles. The molecule has 2 amide bonds. The molecule has 1 saturated heterocycles. The van der Waals surface area contributed by atoms with Crippen molar-refractivity contribution in [1.29, 1.82) is 0 Å². The number of fused-ring (bicyclic) bond motifs is 1. The van der Waals surface area contributed by atoms with Crippen LogP contribution in [0.15, 0.2) is 54.9 Å². The largest absolute Gasteiger partial charge is 0.379 e. The second-order valence-electron chi connectivity index (χ2n) is 7.22. The van der Waals surface area contributed by atoms with Crippen LogP contribution in [0.3, 0.4) is 0 Å². The Kier molecular flexibility index (Phi) is 6.38. The van der Waals surface area contributed by atoms with Crippen molar-refractivity contribution in [2.75, 3.05) is 32.8 Å². The van der Waals surface area contributed by atoms with Crippen molar-refractivity contribution in [3.05, 3.63) is 71.7 Å². The molecule has 4 rings (SSSR count). The zero-order chi connectivity index (χ0) is 19.9. The van der Waals surface area contributed by atoms with Gasteiger partial charge < -0.3 is 19.8 Å². The van der Waals surface area contributed by atoms with Gasteiger partial charge in [0.2, 0.25) is 0 Å². The van der Waals surface area contributed by atoms with Crippen LogP contribution in [0.2, 0.25) is 0 Å². The normalized spacial score (nSPS) is 14.8. The number of carbonyl (C=O) groups excluding carboxylic acids is 1. The molecule has 0 atom stereocenters. The van der Waals surface area contributed by atoms with Gasteiger partial charge in [0.1, 0.15) is 5.65 Å². The van der Waals surface area contributed by atoms with Crippen LogP contribution >= 0.6 is 0 Å². The summed E-state index contributed by atoms with van der Waals surface area (Å²) in [6, 6.07) is 14.0. The minimum atomic E-state index is -0.157. The van der Waals surface area contributed by atoms with Crippen LogP contribution in [0.25, 0.3) is 5.65 Å². The van der Waals surface area contributed by atoms with Crippen LogP contribution in [0.1, 0.15) is 16.8 Å². The number of nitrogens with one attached hydrogen (secondary N) is 2. The van der Waals surface area contributed by atoms with E-state index in [2.05, 4.69) is 32.7 Å². The Balaban J connectivity index is 1.24. The first kappa shape index (κ1) is 19.4. The highest BCUT2D eigenvalue weighted by atomic mass is 16.5. The molecule has 0 unspecified atom stereocenters. The fourth-order valence-electron chi connectivity index (χ4n) is 3.53. The predicted molar refractivity (Wildman–Crippen MR) is 112 cm³/mol. The summed E-state index contributed by atoms with van der Waals surface area (Å²) in [5.74, 6) is 0. The molecule has 7 nitrogen and oxygen atoms in total. The molecule has 0 radical (unpaired) electrons. The van der Waals surface area contributed by atoms with E-state index in [0.717, 1.165) is 49.8 Å². The number of nitrogens with zero attached hydrogens (tertiary/aromatic N) is 3. The van der Waals surface area contributed by atoms with Crippen LogP contribution in [-0.4, -0.2) is 53.2 Å². The molecule has 2 aromatic heterocycles. The number of benzene rings is 1. The molecular weight excluding hydrogens is 366 g/mol.